The smallest absolute Gasteiger partial charge is 0.309 e. The van der Waals surface area contributed by atoms with Gasteiger partial charge in [-0.05, 0) is 38.0 Å². The molecule has 30 heavy (non-hydrogen) atoms. The lowest BCUT2D eigenvalue weighted by atomic mass is 9.61. The van der Waals surface area contributed by atoms with Crippen LogP contribution in [0.5, 0.6) is 0 Å². The van der Waals surface area contributed by atoms with Crippen molar-refractivity contribution in [1.82, 2.24) is 0 Å². The maximum absolute atomic E-state index is 12.5. The van der Waals surface area contributed by atoms with Crippen molar-refractivity contribution >= 4 is 28.7 Å². The van der Waals surface area contributed by atoms with E-state index < -0.39 is 9.85 Å². The third kappa shape index (κ3) is 4.58. The monoisotopic (exact) mass is 418 g/mol. The molecule has 2 saturated carbocycles. The van der Waals surface area contributed by atoms with Crippen molar-refractivity contribution in [3.05, 3.63) is 38.4 Å². The summed E-state index contributed by atoms with van der Waals surface area (Å²) in [5, 5.41) is 26.7. The third-order valence-electron chi connectivity index (χ3n) is 6.06. The number of non-ortho nitro benzene ring substituents is 2. The van der Waals surface area contributed by atoms with E-state index >= 15 is 0 Å². The van der Waals surface area contributed by atoms with Crippen molar-refractivity contribution in [3.8, 4) is 0 Å². The Morgan fingerprint density at radius 2 is 1.80 bits per heavy atom. The number of nitrogens with one attached hydrogen (secondary N) is 1. The van der Waals surface area contributed by atoms with E-state index in [9.17, 15) is 25.0 Å². The van der Waals surface area contributed by atoms with Gasteiger partial charge in [-0.1, -0.05) is 19.8 Å². The number of esters is 1. The number of anilines is 1. The van der Waals surface area contributed by atoms with Crippen molar-refractivity contribution in [2.24, 2.45) is 28.8 Å². The number of carbonyl (C=O) groups is 1. The minimum absolute atomic E-state index is 0.0587. The largest absolute Gasteiger partial charge is 0.466 e. The standard InChI is InChI=1S/C20H26N4O6/c1-3-30-20(25)19-12(2)8-18(16-6-4-5-7-17(16)19)22-21-13-9-14(23(26)27)11-15(10-13)24(28)29/h9-12,16-17,19,21H,3-8H2,1-2H3/b22-18+/t12-,16-,17-,19-/m1/s1. The molecule has 0 unspecified atom stereocenters. The van der Waals surface area contributed by atoms with Crippen LogP contribution in [0.2, 0.25) is 0 Å². The summed E-state index contributed by atoms with van der Waals surface area (Å²) in [7, 11) is 0. The number of nitro benzene ring substituents is 2. The summed E-state index contributed by atoms with van der Waals surface area (Å²) in [6, 6.07) is 3.37. The molecule has 4 atom stereocenters. The van der Waals surface area contributed by atoms with Crippen molar-refractivity contribution in [2.75, 3.05) is 12.0 Å². The summed E-state index contributed by atoms with van der Waals surface area (Å²) in [6.45, 7) is 4.17. The second-order valence-corrected chi connectivity index (χ2v) is 7.98. The number of benzene rings is 1. The number of carbonyl (C=O) groups excluding carboxylic acids is 1. The topological polar surface area (TPSA) is 137 Å². The SMILES string of the molecule is CCOC(=O)[C@H]1[C@@H]2CCCC[C@H]2/C(=N/Nc2cc([N+](=O)[O-])cc([N+](=O)[O-])c2)C[C@H]1C. The minimum atomic E-state index is -0.672. The first-order valence-electron chi connectivity index (χ1n) is 10.2. The highest BCUT2D eigenvalue weighted by Gasteiger charge is 2.46. The van der Waals surface area contributed by atoms with Crippen LogP contribution in [0.1, 0.15) is 46.0 Å². The number of hydrogen-bond acceptors (Lipinski definition) is 8. The van der Waals surface area contributed by atoms with Gasteiger partial charge in [0, 0.05) is 23.8 Å². The molecule has 2 aliphatic rings. The van der Waals surface area contributed by atoms with Gasteiger partial charge in [-0.25, -0.2) is 0 Å². The molecule has 0 radical (unpaired) electrons. The second-order valence-electron chi connectivity index (χ2n) is 7.98. The fraction of sp³-hybridized carbons (Fsp3) is 0.600. The van der Waals surface area contributed by atoms with Gasteiger partial charge in [0.1, 0.15) is 0 Å². The van der Waals surface area contributed by atoms with Gasteiger partial charge in [0.15, 0.2) is 0 Å². The zero-order valence-corrected chi connectivity index (χ0v) is 17.1. The van der Waals surface area contributed by atoms with Crippen LogP contribution >= 0.6 is 0 Å². The van der Waals surface area contributed by atoms with Gasteiger partial charge >= 0.3 is 5.97 Å². The number of nitrogens with zero attached hydrogens (tertiary/aromatic N) is 3. The van der Waals surface area contributed by atoms with Crippen LogP contribution in [0.25, 0.3) is 0 Å². The quantitative estimate of drug-likeness (QED) is 0.413. The zero-order valence-electron chi connectivity index (χ0n) is 17.1. The molecule has 1 aromatic rings. The number of hydrazone groups is 1. The fourth-order valence-electron chi connectivity index (χ4n) is 4.81. The Morgan fingerprint density at radius 3 is 2.40 bits per heavy atom. The van der Waals surface area contributed by atoms with Crippen LogP contribution in [0.3, 0.4) is 0 Å². The van der Waals surface area contributed by atoms with Gasteiger partial charge in [-0.3, -0.25) is 30.4 Å². The van der Waals surface area contributed by atoms with Gasteiger partial charge in [-0.2, -0.15) is 5.10 Å². The number of ether oxygens (including phenoxy) is 1. The summed E-state index contributed by atoms with van der Waals surface area (Å²) in [4.78, 5) is 33.4. The van der Waals surface area contributed by atoms with Crippen LogP contribution in [0.15, 0.2) is 23.3 Å². The van der Waals surface area contributed by atoms with E-state index in [0.29, 0.717) is 13.0 Å². The zero-order chi connectivity index (χ0) is 21.8. The highest BCUT2D eigenvalue weighted by molar-refractivity contribution is 5.91. The Hall–Kier alpha value is -3.04. The predicted octanol–water partition coefficient (Wildman–Crippen LogP) is 4.30. The van der Waals surface area contributed by atoms with E-state index in [1.807, 2.05) is 6.92 Å². The fourth-order valence-corrected chi connectivity index (χ4v) is 4.81. The van der Waals surface area contributed by atoms with Crippen LogP contribution in [0, 0.1) is 43.9 Å². The molecule has 10 heteroatoms. The van der Waals surface area contributed by atoms with Crippen molar-refractivity contribution in [2.45, 2.75) is 46.0 Å². The minimum Gasteiger partial charge on any atom is -0.466 e. The predicted molar refractivity (Wildman–Crippen MR) is 110 cm³/mol. The van der Waals surface area contributed by atoms with Crippen LogP contribution < -0.4 is 5.43 Å². The van der Waals surface area contributed by atoms with E-state index in [0.717, 1.165) is 37.5 Å². The van der Waals surface area contributed by atoms with Gasteiger partial charge in [-0.15, -0.1) is 0 Å². The highest BCUT2D eigenvalue weighted by Crippen LogP contribution is 2.45. The second kappa shape index (κ2) is 9.19. The maximum Gasteiger partial charge on any atom is 0.309 e. The molecule has 2 fully saturated rings. The number of fused-ring (bicyclic) bond motifs is 1. The van der Waals surface area contributed by atoms with E-state index in [-0.39, 0.29) is 46.7 Å². The number of hydrogen-bond donors (Lipinski definition) is 1. The lowest BCUT2D eigenvalue weighted by molar-refractivity contribution is -0.394. The molecule has 10 nitrogen and oxygen atoms in total. The van der Waals surface area contributed by atoms with E-state index in [4.69, 9.17) is 4.74 Å². The molecular weight excluding hydrogens is 392 g/mol. The van der Waals surface area contributed by atoms with Crippen LogP contribution in [0.4, 0.5) is 17.1 Å². The Balaban J connectivity index is 1.86. The van der Waals surface area contributed by atoms with E-state index in [1.165, 1.54) is 12.1 Å². The Morgan fingerprint density at radius 1 is 1.17 bits per heavy atom. The van der Waals surface area contributed by atoms with Crippen LogP contribution in [-0.4, -0.2) is 28.1 Å². The van der Waals surface area contributed by atoms with Crippen molar-refractivity contribution < 1.29 is 19.4 Å². The molecule has 162 valence electrons. The van der Waals surface area contributed by atoms with Crippen LogP contribution in [-0.2, 0) is 9.53 Å². The summed E-state index contributed by atoms with van der Waals surface area (Å²) < 4.78 is 5.31. The molecule has 0 heterocycles. The highest BCUT2D eigenvalue weighted by atomic mass is 16.6. The van der Waals surface area contributed by atoms with E-state index in [1.54, 1.807) is 6.92 Å². The maximum atomic E-state index is 12.5. The molecule has 0 aromatic heterocycles. The average molecular weight is 418 g/mol. The Kier molecular flexibility index (Phi) is 6.63. The normalized spacial score (nSPS) is 27.2. The first-order valence-corrected chi connectivity index (χ1v) is 10.2. The lowest BCUT2D eigenvalue weighted by Gasteiger charge is -2.43. The average Bonchev–Trinajstić information content (AvgIpc) is 2.71. The van der Waals surface area contributed by atoms with Crippen molar-refractivity contribution in [1.29, 1.82) is 0 Å². The summed E-state index contributed by atoms with van der Waals surface area (Å²) >= 11 is 0. The molecule has 0 amide bonds. The van der Waals surface area contributed by atoms with Gasteiger partial charge in [0.05, 0.1) is 34.1 Å². The molecule has 2 aliphatic carbocycles. The van der Waals surface area contributed by atoms with Crippen molar-refractivity contribution in [3.63, 3.8) is 0 Å². The van der Waals surface area contributed by atoms with Gasteiger partial charge in [0.25, 0.3) is 11.4 Å². The van der Waals surface area contributed by atoms with Gasteiger partial charge < -0.3 is 4.74 Å². The first kappa shape index (κ1) is 21.7. The Bertz CT molecular complexity index is 839. The molecule has 0 bridgehead atoms. The molecule has 0 aliphatic heterocycles. The molecule has 1 aromatic carbocycles. The number of rotatable bonds is 6. The summed E-state index contributed by atoms with van der Waals surface area (Å²) in [5.74, 6) is 0.0341. The van der Waals surface area contributed by atoms with Gasteiger partial charge in [0.2, 0.25) is 0 Å². The first-order chi connectivity index (χ1) is 14.3. The lowest BCUT2D eigenvalue weighted by Crippen LogP contribution is -2.45. The number of nitro groups is 2. The molecular formula is C20H26N4O6. The summed E-state index contributed by atoms with van der Waals surface area (Å²) in [6.07, 6.45) is 4.56. The molecule has 3 rings (SSSR count). The summed E-state index contributed by atoms with van der Waals surface area (Å²) in [5.41, 5.74) is 3.14. The van der Waals surface area contributed by atoms with E-state index in [2.05, 4.69) is 10.5 Å². The Labute approximate surface area is 174 Å². The molecule has 0 spiro atoms. The molecule has 0 saturated heterocycles. The molecule has 1 N–H and O–H groups in total. The third-order valence-corrected chi connectivity index (χ3v) is 6.06.